The van der Waals surface area contributed by atoms with Gasteiger partial charge in [-0.1, -0.05) is 25.1 Å². The van der Waals surface area contributed by atoms with Crippen LogP contribution in [0.15, 0.2) is 36.4 Å². The van der Waals surface area contributed by atoms with Crippen molar-refractivity contribution in [2.24, 2.45) is 0 Å². The van der Waals surface area contributed by atoms with Crippen LogP contribution in [0.5, 0.6) is 5.75 Å². The van der Waals surface area contributed by atoms with Crippen LogP contribution in [0.3, 0.4) is 0 Å². The van der Waals surface area contributed by atoms with E-state index in [-0.39, 0.29) is 11.9 Å². The average molecular weight is 218 g/mol. The Morgan fingerprint density at radius 3 is 2.69 bits per heavy atom. The summed E-state index contributed by atoms with van der Waals surface area (Å²) >= 11 is 0. The highest BCUT2D eigenvalue weighted by Gasteiger charge is 2.09. The number of allylic oxidation sites excluding steroid dienone is 2. The molecule has 0 fully saturated rings. The number of rotatable bonds is 5. The van der Waals surface area contributed by atoms with Crippen LogP contribution in [0.2, 0.25) is 0 Å². The lowest BCUT2D eigenvalue weighted by atomic mass is 10.1. The number of benzene rings is 1. The molecule has 2 heteroatoms. The average Bonchev–Trinajstić information content (AvgIpc) is 2.26. The van der Waals surface area contributed by atoms with Crippen molar-refractivity contribution in [2.45, 2.75) is 33.3 Å². The lowest BCUT2D eigenvalue weighted by molar-refractivity contribution is 0.104. The van der Waals surface area contributed by atoms with Gasteiger partial charge in [-0.05, 0) is 38.5 Å². The van der Waals surface area contributed by atoms with Crippen LogP contribution in [0, 0.1) is 0 Å². The molecule has 1 aromatic rings. The molecule has 0 atom stereocenters. The van der Waals surface area contributed by atoms with E-state index in [4.69, 9.17) is 4.74 Å². The predicted octanol–water partition coefficient (Wildman–Crippen LogP) is 3.62. The Hall–Kier alpha value is -1.57. The second-order valence-corrected chi connectivity index (χ2v) is 3.84. The second kappa shape index (κ2) is 6.11. The molecule has 0 heterocycles. The summed E-state index contributed by atoms with van der Waals surface area (Å²) in [7, 11) is 0. The first-order valence-corrected chi connectivity index (χ1v) is 5.61. The van der Waals surface area contributed by atoms with Crippen molar-refractivity contribution in [3.63, 3.8) is 0 Å². The summed E-state index contributed by atoms with van der Waals surface area (Å²) in [6.45, 7) is 5.90. The van der Waals surface area contributed by atoms with Gasteiger partial charge in [-0.3, -0.25) is 4.79 Å². The smallest absolute Gasteiger partial charge is 0.189 e. The molecule has 0 aliphatic carbocycles. The number of carbonyl (C=O) groups excluding carboxylic acids is 1. The lowest BCUT2D eigenvalue weighted by Crippen LogP contribution is -2.09. The molecular formula is C14H18O2. The molecule has 2 nitrogen and oxygen atoms in total. The van der Waals surface area contributed by atoms with E-state index in [1.54, 1.807) is 12.1 Å². The summed E-state index contributed by atoms with van der Waals surface area (Å²) in [6.07, 6.45) is 4.39. The minimum Gasteiger partial charge on any atom is -0.490 e. The fourth-order valence-corrected chi connectivity index (χ4v) is 1.34. The fourth-order valence-electron chi connectivity index (χ4n) is 1.34. The number of carbonyl (C=O) groups is 1. The van der Waals surface area contributed by atoms with Gasteiger partial charge >= 0.3 is 0 Å². The predicted molar refractivity (Wildman–Crippen MR) is 66.0 cm³/mol. The quantitative estimate of drug-likeness (QED) is 0.557. The molecule has 1 aromatic carbocycles. The van der Waals surface area contributed by atoms with E-state index >= 15 is 0 Å². The summed E-state index contributed by atoms with van der Waals surface area (Å²) in [5, 5.41) is 0. The van der Waals surface area contributed by atoms with E-state index < -0.39 is 0 Å². The maximum Gasteiger partial charge on any atom is 0.189 e. The van der Waals surface area contributed by atoms with Crippen molar-refractivity contribution in [2.75, 3.05) is 0 Å². The molecule has 0 radical (unpaired) electrons. The first-order valence-electron chi connectivity index (χ1n) is 5.61. The highest BCUT2D eigenvalue weighted by atomic mass is 16.5. The van der Waals surface area contributed by atoms with Gasteiger partial charge in [0.05, 0.1) is 11.7 Å². The molecule has 0 aliphatic rings. The minimum absolute atomic E-state index is 0.00176. The Morgan fingerprint density at radius 1 is 1.38 bits per heavy atom. The second-order valence-electron chi connectivity index (χ2n) is 3.84. The van der Waals surface area contributed by atoms with Crippen LogP contribution in [0.1, 0.15) is 37.6 Å². The van der Waals surface area contributed by atoms with E-state index in [0.29, 0.717) is 11.3 Å². The van der Waals surface area contributed by atoms with Crippen molar-refractivity contribution in [3.05, 3.63) is 42.0 Å². The molecule has 1 rings (SSSR count). The first kappa shape index (κ1) is 12.5. The number of hydrogen-bond donors (Lipinski definition) is 0. The maximum atomic E-state index is 11.8. The molecule has 0 aliphatic heterocycles. The van der Waals surface area contributed by atoms with Gasteiger partial charge in [0.2, 0.25) is 0 Å². The van der Waals surface area contributed by atoms with Gasteiger partial charge < -0.3 is 4.74 Å². The van der Waals surface area contributed by atoms with Gasteiger partial charge in [0.1, 0.15) is 5.75 Å². The number of ether oxygens (including phenoxy) is 1. The van der Waals surface area contributed by atoms with Crippen LogP contribution in [-0.4, -0.2) is 11.9 Å². The lowest BCUT2D eigenvalue weighted by Gasteiger charge is -2.12. The zero-order valence-corrected chi connectivity index (χ0v) is 10.1. The number of ketones is 1. The Balaban J connectivity index is 2.94. The van der Waals surface area contributed by atoms with Crippen molar-refractivity contribution in [1.29, 1.82) is 0 Å². The van der Waals surface area contributed by atoms with Crippen molar-refractivity contribution in [3.8, 4) is 5.75 Å². The number of hydrogen-bond acceptors (Lipinski definition) is 2. The maximum absolute atomic E-state index is 11.8. The van der Waals surface area contributed by atoms with Crippen LogP contribution < -0.4 is 4.74 Å². The zero-order valence-electron chi connectivity index (χ0n) is 10.1. The molecule has 0 N–H and O–H groups in total. The zero-order chi connectivity index (χ0) is 12.0. The standard InChI is InChI=1S/C14H18O2/c1-4-5-9-13(15)12-8-6-7-10-14(12)16-11(2)3/h5-11H,4H2,1-3H3/b9-5+. The number of para-hydroxylation sites is 1. The molecular weight excluding hydrogens is 200 g/mol. The Bertz CT molecular complexity index is 378. The van der Waals surface area contributed by atoms with E-state index in [1.807, 2.05) is 45.0 Å². The van der Waals surface area contributed by atoms with E-state index in [9.17, 15) is 4.79 Å². The van der Waals surface area contributed by atoms with Gasteiger partial charge in [0.15, 0.2) is 5.78 Å². The molecule has 0 saturated heterocycles. The molecule has 86 valence electrons. The monoisotopic (exact) mass is 218 g/mol. The van der Waals surface area contributed by atoms with Gasteiger partial charge in [0, 0.05) is 0 Å². The third kappa shape index (κ3) is 3.54. The Morgan fingerprint density at radius 2 is 2.06 bits per heavy atom. The third-order valence-electron chi connectivity index (χ3n) is 2.02. The van der Waals surface area contributed by atoms with Crippen molar-refractivity contribution < 1.29 is 9.53 Å². The minimum atomic E-state index is -0.00176. The summed E-state index contributed by atoms with van der Waals surface area (Å²) < 4.78 is 5.59. The Kier molecular flexibility index (Phi) is 4.77. The first-order chi connectivity index (χ1) is 7.65. The van der Waals surface area contributed by atoms with Crippen LogP contribution in [0.4, 0.5) is 0 Å². The third-order valence-corrected chi connectivity index (χ3v) is 2.02. The van der Waals surface area contributed by atoms with Gasteiger partial charge in [0.25, 0.3) is 0 Å². The largest absolute Gasteiger partial charge is 0.490 e. The Labute approximate surface area is 96.9 Å². The van der Waals surface area contributed by atoms with Crippen molar-refractivity contribution in [1.82, 2.24) is 0 Å². The SMILES string of the molecule is CC/C=C/C(=O)c1ccccc1OC(C)C. The van der Waals surface area contributed by atoms with Crippen molar-refractivity contribution >= 4 is 5.78 Å². The van der Waals surface area contributed by atoms with Crippen LogP contribution >= 0.6 is 0 Å². The summed E-state index contributed by atoms with van der Waals surface area (Å²) in [5.74, 6) is 0.654. The summed E-state index contributed by atoms with van der Waals surface area (Å²) in [5.41, 5.74) is 0.626. The molecule has 0 aromatic heterocycles. The van der Waals surface area contributed by atoms with Crippen LogP contribution in [-0.2, 0) is 0 Å². The van der Waals surface area contributed by atoms with Gasteiger partial charge in [-0.15, -0.1) is 0 Å². The summed E-state index contributed by atoms with van der Waals surface area (Å²) in [4.78, 5) is 11.8. The highest BCUT2D eigenvalue weighted by Crippen LogP contribution is 2.20. The fraction of sp³-hybridized carbons (Fsp3) is 0.357. The van der Waals surface area contributed by atoms with E-state index in [2.05, 4.69) is 0 Å². The van der Waals surface area contributed by atoms with E-state index in [1.165, 1.54) is 0 Å². The molecule has 0 unspecified atom stereocenters. The highest BCUT2D eigenvalue weighted by molar-refractivity contribution is 6.06. The van der Waals surface area contributed by atoms with Gasteiger partial charge in [-0.2, -0.15) is 0 Å². The molecule has 0 spiro atoms. The molecule has 0 bridgehead atoms. The van der Waals surface area contributed by atoms with E-state index in [0.717, 1.165) is 6.42 Å². The van der Waals surface area contributed by atoms with Gasteiger partial charge in [-0.25, -0.2) is 0 Å². The molecule has 0 saturated carbocycles. The topological polar surface area (TPSA) is 26.3 Å². The van der Waals surface area contributed by atoms with Crippen LogP contribution in [0.25, 0.3) is 0 Å². The normalized spacial score (nSPS) is 11.0. The molecule has 16 heavy (non-hydrogen) atoms. The summed E-state index contributed by atoms with van der Waals surface area (Å²) in [6, 6.07) is 7.34. The molecule has 0 amide bonds.